The number of nitrogens with one attached hydrogen (secondary N) is 1. The van der Waals surface area contributed by atoms with Gasteiger partial charge >= 0.3 is 0 Å². The molecule has 1 rings (SSSR count). The molecule has 0 fully saturated rings. The van der Waals surface area contributed by atoms with Crippen LogP contribution < -0.4 is 5.32 Å². The quantitative estimate of drug-likeness (QED) is 0.785. The van der Waals surface area contributed by atoms with E-state index >= 15 is 0 Å². The van der Waals surface area contributed by atoms with Crippen LogP contribution in [0.4, 0.5) is 13.2 Å². The van der Waals surface area contributed by atoms with E-state index in [-0.39, 0.29) is 5.56 Å². The number of rotatable bonds is 4. The van der Waals surface area contributed by atoms with E-state index in [9.17, 15) is 13.2 Å². The van der Waals surface area contributed by atoms with Gasteiger partial charge in [0.2, 0.25) is 0 Å². The molecule has 1 aromatic rings. The minimum Gasteiger partial charge on any atom is -0.320 e. The van der Waals surface area contributed by atoms with Crippen molar-refractivity contribution in [2.75, 3.05) is 13.6 Å². The molecule has 0 bridgehead atoms. The third-order valence-electron chi connectivity index (χ3n) is 2.74. The molecule has 1 aromatic carbocycles. The molecule has 0 atom stereocenters. The van der Waals surface area contributed by atoms with Gasteiger partial charge in [0.25, 0.3) is 0 Å². The minimum absolute atomic E-state index is 0.210. The summed E-state index contributed by atoms with van der Waals surface area (Å²) in [5.74, 6) is -2.85. The molecule has 0 saturated heterocycles. The summed E-state index contributed by atoms with van der Waals surface area (Å²) in [5, 5.41) is 2.95. The molecular formula is C12H16F3N. The molecule has 1 nitrogen and oxygen atoms in total. The van der Waals surface area contributed by atoms with Crippen LogP contribution in [0.25, 0.3) is 0 Å². The van der Waals surface area contributed by atoms with Crippen molar-refractivity contribution in [3.8, 4) is 0 Å². The summed E-state index contributed by atoms with van der Waals surface area (Å²) in [6.45, 7) is 4.30. The SMILES string of the molecule is CNCCC(C)(C)c1cc(F)c(F)cc1F. The lowest BCUT2D eigenvalue weighted by Crippen LogP contribution is -2.25. The standard InChI is InChI=1S/C12H16F3N/c1-12(2,4-5-16-3)8-6-10(14)11(15)7-9(8)13/h6-7,16H,4-5H2,1-3H3. The van der Waals surface area contributed by atoms with Gasteiger partial charge in [-0.15, -0.1) is 0 Å². The van der Waals surface area contributed by atoms with Gasteiger partial charge in [0.15, 0.2) is 11.6 Å². The number of benzene rings is 1. The predicted molar refractivity (Wildman–Crippen MR) is 57.9 cm³/mol. The summed E-state index contributed by atoms with van der Waals surface area (Å²) in [7, 11) is 1.79. The van der Waals surface area contributed by atoms with E-state index in [1.165, 1.54) is 0 Å². The molecule has 0 aliphatic carbocycles. The van der Waals surface area contributed by atoms with E-state index in [4.69, 9.17) is 0 Å². The Morgan fingerprint density at radius 2 is 1.62 bits per heavy atom. The summed E-state index contributed by atoms with van der Waals surface area (Å²) in [5.41, 5.74) is -0.316. The maximum absolute atomic E-state index is 13.5. The van der Waals surface area contributed by atoms with Crippen LogP contribution in [0.5, 0.6) is 0 Å². The highest BCUT2D eigenvalue weighted by atomic mass is 19.2. The topological polar surface area (TPSA) is 12.0 Å². The molecule has 0 aromatic heterocycles. The van der Waals surface area contributed by atoms with Crippen molar-refractivity contribution in [1.82, 2.24) is 5.32 Å². The maximum Gasteiger partial charge on any atom is 0.161 e. The van der Waals surface area contributed by atoms with E-state index < -0.39 is 22.9 Å². The molecule has 4 heteroatoms. The molecule has 90 valence electrons. The molecule has 0 amide bonds. The lowest BCUT2D eigenvalue weighted by atomic mass is 9.81. The first-order valence-corrected chi connectivity index (χ1v) is 5.18. The third-order valence-corrected chi connectivity index (χ3v) is 2.74. The highest BCUT2D eigenvalue weighted by Crippen LogP contribution is 2.30. The summed E-state index contributed by atoms with van der Waals surface area (Å²) < 4.78 is 39.4. The van der Waals surface area contributed by atoms with Gasteiger partial charge in [0, 0.05) is 6.07 Å². The Morgan fingerprint density at radius 1 is 1.06 bits per heavy atom. The summed E-state index contributed by atoms with van der Waals surface area (Å²) >= 11 is 0. The van der Waals surface area contributed by atoms with E-state index in [1.807, 2.05) is 0 Å². The molecule has 0 aliphatic heterocycles. The Labute approximate surface area is 93.7 Å². The van der Waals surface area contributed by atoms with Gasteiger partial charge in [-0.1, -0.05) is 13.8 Å². The summed E-state index contributed by atoms with van der Waals surface area (Å²) in [4.78, 5) is 0. The van der Waals surface area contributed by atoms with E-state index in [0.29, 0.717) is 19.0 Å². The molecule has 0 heterocycles. The van der Waals surface area contributed by atoms with Crippen molar-refractivity contribution < 1.29 is 13.2 Å². The Morgan fingerprint density at radius 3 is 2.19 bits per heavy atom. The van der Waals surface area contributed by atoms with Crippen LogP contribution in [0.1, 0.15) is 25.8 Å². The number of halogens is 3. The zero-order valence-electron chi connectivity index (χ0n) is 9.70. The minimum atomic E-state index is -1.15. The Hall–Kier alpha value is -1.03. The second-order valence-corrected chi connectivity index (χ2v) is 4.48. The van der Waals surface area contributed by atoms with Crippen molar-refractivity contribution in [3.63, 3.8) is 0 Å². The Kier molecular flexibility index (Phi) is 3.97. The van der Waals surface area contributed by atoms with Gasteiger partial charge in [-0.3, -0.25) is 0 Å². The number of hydrogen-bond donors (Lipinski definition) is 1. The van der Waals surface area contributed by atoms with Gasteiger partial charge < -0.3 is 5.32 Å². The fraction of sp³-hybridized carbons (Fsp3) is 0.500. The lowest BCUT2D eigenvalue weighted by Gasteiger charge is -2.25. The second kappa shape index (κ2) is 4.87. The zero-order chi connectivity index (χ0) is 12.3. The van der Waals surface area contributed by atoms with Crippen molar-refractivity contribution in [1.29, 1.82) is 0 Å². The largest absolute Gasteiger partial charge is 0.320 e. The molecule has 0 saturated carbocycles. The fourth-order valence-electron chi connectivity index (χ4n) is 1.61. The van der Waals surface area contributed by atoms with Crippen molar-refractivity contribution in [2.24, 2.45) is 0 Å². The summed E-state index contributed by atoms with van der Waals surface area (Å²) in [6.07, 6.45) is 0.644. The van der Waals surface area contributed by atoms with Crippen LogP contribution in [0.3, 0.4) is 0 Å². The van der Waals surface area contributed by atoms with Gasteiger partial charge in [-0.25, -0.2) is 13.2 Å². The number of hydrogen-bond acceptors (Lipinski definition) is 1. The third kappa shape index (κ3) is 2.76. The molecule has 1 N–H and O–H groups in total. The smallest absolute Gasteiger partial charge is 0.161 e. The van der Waals surface area contributed by atoms with Gasteiger partial charge in [-0.2, -0.15) is 0 Å². The first-order valence-electron chi connectivity index (χ1n) is 5.18. The maximum atomic E-state index is 13.5. The Bertz CT molecular complexity index is 375. The highest BCUT2D eigenvalue weighted by molar-refractivity contribution is 5.27. The van der Waals surface area contributed by atoms with Crippen LogP contribution in [0.2, 0.25) is 0 Å². The normalized spacial score (nSPS) is 11.9. The van der Waals surface area contributed by atoms with Crippen LogP contribution in [-0.2, 0) is 5.41 Å². The van der Waals surface area contributed by atoms with Crippen LogP contribution in [0.15, 0.2) is 12.1 Å². The molecule has 0 unspecified atom stereocenters. The molecule has 0 spiro atoms. The van der Waals surface area contributed by atoms with Crippen molar-refractivity contribution in [2.45, 2.75) is 25.7 Å². The van der Waals surface area contributed by atoms with E-state index in [2.05, 4.69) is 5.32 Å². The van der Waals surface area contributed by atoms with E-state index in [1.54, 1.807) is 20.9 Å². The molecule has 0 aliphatic rings. The first-order chi connectivity index (χ1) is 7.38. The van der Waals surface area contributed by atoms with Crippen molar-refractivity contribution in [3.05, 3.63) is 35.1 Å². The Balaban J connectivity index is 3.07. The average molecular weight is 231 g/mol. The van der Waals surface area contributed by atoms with Crippen LogP contribution >= 0.6 is 0 Å². The van der Waals surface area contributed by atoms with Crippen molar-refractivity contribution >= 4 is 0 Å². The first kappa shape index (κ1) is 13.0. The second-order valence-electron chi connectivity index (χ2n) is 4.48. The zero-order valence-corrected chi connectivity index (χ0v) is 9.70. The summed E-state index contributed by atoms with van der Waals surface area (Å²) in [6, 6.07) is 1.55. The average Bonchev–Trinajstić information content (AvgIpc) is 2.20. The molecule has 16 heavy (non-hydrogen) atoms. The molecule has 0 radical (unpaired) electrons. The predicted octanol–water partition coefficient (Wildman–Crippen LogP) is 2.99. The van der Waals surface area contributed by atoms with Crippen LogP contribution in [-0.4, -0.2) is 13.6 Å². The van der Waals surface area contributed by atoms with Crippen LogP contribution in [0, 0.1) is 17.5 Å². The molecular weight excluding hydrogens is 215 g/mol. The van der Waals surface area contributed by atoms with Gasteiger partial charge in [-0.05, 0) is 37.1 Å². The highest BCUT2D eigenvalue weighted by Gasteiger charge is 2.25. The fourth-order valence-corrected chi connectivity index (χ4v) is 1.61. The van der Waals surface area contributed by atoms with Gasteiger partial charge in [0.1, 0.15) is 5.82 Å². The lowest BCUT2D eigenvalue weighted by molar-refractivity contribution is 0.426. The van der Waals surface area contributed by atoms with Gasteiger partial charge in [0.05, 0.1) is 0 Å². The van der Waals surface area contributed by atoms with E-state index in [0.717, 1.165) is 6.07 Å². The monoisotopic (exact) mass is 231 g/mol.